The molecule has 2 aromatic heterocycles. The SMILES string of the molecule is CCCNCc1c(N2CCSCC2C)nc2ccccn12. The van der Waals surface area contributed by atoms with Gasteiger partial charge in [0.1, 0.15) is 5.65 Å². The van der Waals surface area contributed by atoms with Gasteiger partial charge in [-0.05, 0) is 32.0 Å². The summed E-state index contributed by atoms with van der Waals surface area (Å²) in [6, 6.07) is 6.79. The number of aromatic nitrogens is 2. The second kappa shape index (κ2) is 6.71. The van der Waals surface area contributed by atoms with Crippen molar-refractivity contribution >= 4 is 23.2 Å². The summed E-state index contributed by atoms with van der Waals surface area (Å²) in [5, 5.41) is 3.53. The standard InChI is InChI=1S/C16H24N4S/c1-3-7-17-11-14-16(19-9-10-21-12-13(19)2)18-15-6-4-5-8-20(14)15/h4-6,8,13,17H,3,7,9-12H2,1-2H3. The van der Waals surface area contributed by atoms with Crippen LogP contribution in [0.15, 0.2) is 24.4 Å². The predicted octanol–water partition coefficient (Wildman–Crippen LogP) is 2.78. The Hall–Kier alpha value is -1.20. The maximum Gasteiger partial charge on any atom is 0.152 e. The molecule has 1 saturated heterocycles. The molecule has 3 heterocycles. The van der Waals surface area contributed by atoms with Crippen LogP contribution in [0.5, 0.6) is 0 Å². The van der Waals surface area contributed by atoms with Crippen LogP contribution in [0.3, 0.4) is 0 Å². The number of pyridine rings is 1. The highest BCUT2D eigenvalue weighted by Crippen LogP contribution is 2.27. The van der Waals surface area contributed by atoms with Crippen molar-refractivity contribution in [3.8, 4) is 0 Å². The number of thioether (sulfide) groups is 1. The number of nitrogens with one attached hydrogen (secondary N) is 1. The van der Waals surface area contributed by atoms with E-state index in [0.29, 0.717) is 6.04 Å². The van der Waals surface area contributed by atoms with E-state index >= 15 is 0 Å². The Morgan fingerprint density at radius 3 is 3.14 bits per heavy atom. The van der Waals surface area contributed by atoms with E-state index in [4.69, 9.17) is 4.98 Å². The Bertz CT molecular complexity index is 595. The van der Waals surface area contributed by atoms with E-state index in [2.05, 4.69) is 52.9 Å². The smallest absolute Gasteiger partial charge is 0.152 e. The fourth-order valence-electron chi connectivity index (χ4n) is 2.85. The average Bonchev–Trinajstić information content (AvgIpc) is 2.87. The van der Waals surface area contributed by atoms with Gasteiger partial charge in [0.15, 0.2) is 5.82 Å². The lowest BCUT2D eigenvalue weighted by Crippen LogP contribution is -2.41. The Kier molecular flexibility index (Phi) is 4.70. The summed E-state index contributed by atoms with van der Waals surface area (Å²) >= 11 is 2.04. The lowest BCUT2D eigenvalue weighted by molar-refractivity contribution is 0.645. The first-order valence-electron chi connectivity index (χ1n) is 7.82. The van der Waals surface area contributed by atoms with Crippen LogP contribution in [-0.2, 0) is 6.54 Å². The molecule has 21 heavy (non-hydrogen) atoms. The summed E-state index contributed by atoms with van der Waals surface area (Å²) in [5.41, 5.74) is 2.34. The van der Waals surface area contributed by atoms with Gasteiger partial charge in [0.25, 0.3) is 0 Å². The van der Waals surface area contributed by atoms with Gasteiger partial charge in [0.05, 0.1) is 5.69 Å². The van der Waals surface area contributed by atoms with Crippen LogP contribution in [0.4, 0.5) is 5.82 Å². The van der Waals surface area contributed by atoms with Crippen LogP contribution in [-0.4, -0.2) is 40.0 Å². The molecule has 0 spiro atoms. The zero-order valence-electron chi connectivity index (χ0n) is 12.9. The number of hydrogen-bond acceptors (Lipinski definition) is 4. The summed E-state index contributed by atoms with van der Waals surface area (Å²) in [6.45, 7) is 7.53. The van der Waals surface area contributed by atoms with Gasteiger partial charge in [-0.3, -0.25) is 0 Å². The van der Waals surface area contributed by atoms with Crippen molar-refractivity contribution < 1.29 is 0 Å². The molecule has 0 radical (unpaired) electrons. The molecule has 114 valence electrons. The van der Waals surface area contributed by atoms with Crippen molar-refractivity contribution in [3.63, 3.8) is 0 Å². The maximum atomic E-state index is 4.91. The van der Waals surface area contributed by atoms with Gasteiger partial charge in [-0.15, -0.1) is 0 Å². The van der Waals surface area contributed by atoms with Crippen molar-refractivity contribution in [2.45, 2.75) is 32.9 Å². The molecule has 2 aromatic rings. The quantitative estimate of drug-likeness (QED) is 0.861. The number of rotatable bonds is 5. The zero-order chi connectivity index (χ0) is 14.7. The molecule has 3 rings (SSSR count). The second-order valence-corrected chi connectivity index (χ2v) is 6.75. The van der Waals surface area contributed by atoms with E-state index in [-0.39, 0.29) is 0 Å². The first-order chi connectivity index (χ1) is 10.3. The number of anilines is 1. The van der Waals surface area contributed by atoms with Crippen LogP contribution in [0.25, 0.3) is 5.65 Å². The molecule has 1 aliphatic rings. The zero-order valence-corrected chi connectivity index (χ0v) is 13.7. The molecule has 0 saturated carbocycles. The first-order valence-corrected chi connectivity index (χ1v) is 8.97. The third-order valence-electron chi connectivity index (χ3n) is 3.97. The van der Waals surface area contributed by atoms with Crippen molar-refractivity contribution in [2.75, 3.05) is 29.5 Å². The minimum atomic E-state index is 0.554. The summed E-state index contributed by atoms with van der Waals surface area (Å²) < 4.78 is 2.23. The van der Waals surface area contributed by atoms with Crippen molar-refractivity contribution in [1.82, 2.24) is 14.7 Å². The van der Waals surface area contributed by atoms with Crippen LogP contribution < -0.4 is 10.2 Å². The van der Waals surface area contributed by atoms with E-state index in [1.54, 1.807) is 0 Å². The highest BCUT2D eigenvalue weighted by Gasteiger charge is 2.24. The molecule has 4 nitrogen and oxygen atoms in total. The van der Waals surface area contributed by atoms with Crippen molar-refractivity contribution in [2.24, 2.45) is 0 Å². The third kappa shape index (κ3) is 3.04. The molecule has 5 heteroatoms. The highest BCUT2D eigenvalue weighted by molar-refractivity contribution is 7.99. The van der Waals surface area contributed by atoms with E-state index < -0.39 is 0 Å². The number of fused-ring (bicyclic) bond motifs is 1. The van der Waals surface area contributed by atoms with Gasteiger partial charge < -0.3 is 14.6 Å². The molecular weight excluding hydrogens is 280 g/mol. The van der Waals surface area contributed by atoms with Crippen LogP contribution in [0, 0.1) is 0 Å². The summed E-state index contributed by atoms with van der Waals surface area (Å²) in [4.78, 5) is 7.38. The summed E-state index contributed by atoms with van der Waals surface area (Å²) in [7, 11) is 0. The number of nitrogens with zero attached hydrogens (tertiary/aromatic N) is 3. The van der Waals surface area contributed by atoms with Crippen molar-refractivity contribution in [1.29, 1.82) is 0 Å². The third-order valence-corrected chi connectivity index (χ3v) is 5.16. The van der Waals surface area contributed by atoms with Gasteiger partial charge in [-0.25, -0.2) is 4.98 Å². The average molecular weight is 304 g/mol. The van der Waals surface area contributed by atoms with Crippen LogP contribution in [0.1, 0.15) is 26.0 Å². The van der Waals surface area contributed by atoms with Crippen LogP contribution >= 0.6 is 11.8 Å². The predicted molar refractivity (Wildman–Crippen MR) is 91.3 cm³/mol. The molecule has 1 aliphatic heterocycles. The highest BCUT2D eigenvalue weighted by atomic mass is 32.2. The Morgan fingerprint density at radius 2 is 2.33 bits per heavy atom. The molecule has 1 atom stereocenters. The van der Waals surface area contributed by atoms with Gasteiger partial charge in [-0.1, -0.05) is 13.0 Å². The lowest BCUT2D eigenvalue weighted by Gasteiger charge is -2.34. The minimum absolute atomic E-state index is 0.554. The topological polar surface area (TPSA) is 32.6 Å². The largest absolute Gasteiger partial charge is 0.351 e. The Morgan fingerprint density at radius 1 is 1.43 bits per heavy atom. The fraction of sp³-hybridized carbons (Fsp3) is 0.562. The Labute approximate surface area is 130 Å². The van der Waals surface area contributed by atoms with Crippen molar-refractivity contribution in [3.05, 3.63) is 30.1 Å². The maximum absolute atomic E-state index is 4.91. The van der Waals surface area contributed by atoms with Gasteiger partial charge >= 0.3 is 0 Å². The summed E-state index contributed by atoms with van der Waals surface area (Å²) in [5.74, 6) is 3.55. The summed E-state index contributed by atoms with van der Waals surface area (Å²) in [6.07, 6.45) is 3.28. The minimum Gasteiger partial charge on any atom is -0.351 e. The van der Waals surface area contributed by atoms with E-state index in [0.717, 1.165) is 37.5 Å². The van der Waals surface area contributed by atoms with Gasteiger partial charge in [0, 0.05) is 36.8 Å². The molecule has 1 unspecified atom stereocenters. The molecule has 0 aliphatic carbocycles. The number of imidazole rings is 1. The number of hydrogen-bond donors (Lipinski definition) is 1. The van der Waals surface area contributed by atoms with E-state index in [1.807, 2.05) is 11.8 Å². The molecule has 1 fully saturated rings. The normalized spacial score (nSPS) is 19.3. The second-order valence-electron chi connectivity index (χ2n) is 5.61. The lowest BCUT2D eigenvalue weighted by atomic mass is 10.2. The monoisotopic (exact) mass is 304 g/mol. The molecule has 1 N–H and O–H groups in total. The molecule has 0 aromatic carbocycles. The molecular formula is C16H24N4S. The van der Waals surface area contributed by atoms with Gasteiger partial charge in [0.2, 0.25) is 0 Å². The van der Waals surface area contributed by atoms with E-state index in [9.17, 15) is 0 Å². The first kappa shape index (κ1) is 14.7. The fourth-order valence-corrected chi connectivity index (χ4v) is 3.87. The molecule has 0 amide bonds. The Balaban J connectivity index is 1.97. The van der Waals surface area contributed by atoms with Gasteiger partial charge in [-0.2, -0.15) is 11.8 Å². The van der Waals surface area contributed by atoms with E-state index in [1.165, 1.54) is 17.2 Å². The van der Waals surface area contributed by atoms with Crippen LogP contribution in [0.2, 0.25) is 0 Å². The molecule has 0 bridgehead atoms.